The molecular formula is C35H35N3O6. The topological polar surface area (TPSA) is 119 Å². The lowest BCUT2D eigenvalue weighted by molar-refractivity contribution is -0.139. The first kappa shape index (κ1) is 31.5. The van der Waals surface area contributed by atoms with E-state index >= 15 is 0 Å². The first-order valence-corrected chi connectivity index (χ1v) is 14.2. The summed E-state index contributed by atoms with van der Waals surface area (Å²) in [5.74, 6) is 0.994. The van der Waals surface area contributed by atoms with Crippen LogP contribution in [0.15, 0.2) is 125 Å². The minimum absolute atomic E-state index is 0.187. The van der Waals surface area contributed by atoms with Gasteiger partial charge in [-0.1, -0.05) is 42.5 Å². The molecule has 1 unspecified atom stereocenters. The molecule has 0 aliphatic rings. The van der Waals surface area contributed by atoms with Gasteiger partial charge in [-0.05, 0) is 73.2 Å². The Hall–Kier alpha value is -5.44. The van der Waals surface area contributed by atoms with Gasteiger partial charge in [-0.2, -0.15) is 10.2 Å². The van der Waals surface area contributed by atoms with E-state index in [1.807, 2.05) is 78.9 Å². The molecule has 226 valence electrons. The Morgan fingerprint density at radius 3 is 1.82 bits per heavy atom. The Kier molecular flexibility index (Phi) is 11.6. The molecule has 0 radical (unpaired) electrons. The fourth-order valence-electron chi connectivity index (χ4n) is 4.17. The fraction of sp³-hybridized carbons (Fsp3) is 0.200. The number of hydrogen-bond donors (Lipinski definition) is 2. The molecule has 4 rings (SSSR count). The Balaban J connectivity index is 1.17. The molecule has 4 aromatic rings. The highest BCUT2D eigenvalue weighted by Gasteiger charge is 2.18. The lowest BCUT2D eigenvalue weighted by Gasteiger charge is -2.16. The standard InChI is InChI=1S/C35H35N3O6/c1-25(23-34(39)27-7-4-3-5-8-27)36-33(35(40)41)24-26-9-15-31(16-10-26)43-21-6-22-44-32-19-13-29(14-20-32)38-37-28-11-17-30(42-2)18-12-28/h3-5,7-20,23,33,36H,6,21-22,24H2,1-2H3,(H,40,41)/b25-23+,38-37?. The van der Waals surface area contributed by atoms with Crippen LogP contribution in [-0.4, -0.2) is 43.2 Å². The summed E-state index contributed by atoms with van der Waals surface area (Å²) in [6.07, 6.45) is 2.34. The van der Waals surface area contributed by atoms with E-state index in [0.29, 0.717) is 36.6 Å². The van der Waals surface area contributed by atoms with Gasteiger partial charge in [0.25, 0.3) is 0 Å². The number of rotatable bonds is 16. The smallest absolute Gasteiger partial charge is 0.326 e. The van der Waals surface area contributed by atoms with Crippen LogP contribution in [0.4, 0.5) is 11.4 Å². The third kappa shape index (κ3) is 10.1. The molecule has 0 amide bonds. The minimum atomic E-state index is -1.00. The molecule has 0 aliphatic carbocycles. The summed E-state index contributed by atoms with van der Waals surface area (Å²) in [7, 11) is 1.62. The van der Waals surface area contributed by atoms with Crippen molar-refractivity contribution < 1.29 is 28.9 Å². The summed E-state index contributed by atoms with van der Waals surface area (Å²) in [6, 6.07) is 30.0. The van der Waals surface area contributed by atoms with E-state index in [0.717, 1.165) is 28.4 Å². The van der Waals surface area contributed by atoms with Crippen molar-refractivity contribution in [2.75, 3.05) is 20.3 Å². The molecule has 0 heterocycles. The predicted molar refractivity (Wildman–Crippen MR) is 168 cm³/mol. The van der Waals surface area contributed by atoms with Crippen LogP contribution in [0.25, 0.3) is 0 Å². The maximum Gasteiger partial charge on any atom is 0.326 e. The highest BCUT2D eigenvalue weighted by molar-refractivity contribution is 6.04. The number of methoxy groups -OCH3 is 1. The lowest BCUT2D eigenvalue weighted by atomic mass is 10.1. The maximum atomic E-state index is 12.4. The highest BCUT2D eigenvalue weighted by atomic mass is 16.5. The van der Waals surface area contributed by atoms with E-state index in [1.54, 1.807) is 38.3 Å². The molecule has 0 aliphatic heterocycles. The SMILES string of the molecule is COc1ccc(N=Nc2ccc(OCCCOc3ccc(CC(N/C(C)=C/C(=O)c4ccccc4)C(=O)O)cc3)cc2)cc1. The van der Waals surface area contributed by atoms with Crippen molar-refractivity contribution in [1.29, 1.82) is 0 Å². The van der Waals surface area contributed by atoms with Gasteiger partial charge in [0.05, 0.1) is 31.7 Å². The van der Waals surface area contributed by atoms with Crippen LogP contribution >= 0.6 is 0 Å². The average Bonchev–Trinajstić information content (AvgIpc) is 3.05. The van der Waals surface area contributed by atoms with Crippen molar-refractivity contribution in [1.82, 2.24) is 5.32 Å². The molecule has 0 aromatic heterocycles. The molecule has 1 atom stereocenters. The summed E-state index contributed by atoms with van der Waals surface area (Å²) in [4.78, 5) is 24.3. The average molecular weight is 594 g/mol. The van der Waals surface area contributed by atoms with Gasteiger partial charge >= 0.3 is 5.97 Å². The van der Waals surface area contributed by atoms with Crippen LogP contribution in [0.3, 0.4) is 0 Å². The van der Waals surface area contributed by atoms with Gasteiger partial charge in [0, 0.05) is 30.2 Å². The van der Waals surface area contributed by atoms with Crippen LogP contribution in [0.2, 0.25) is 0 Å². The number of ketones is 1. The van der Waals surface area contributed by atoms with Crippen LogP contribution in [-0.2, 0) is 11.2 Å². The van der Waals surface area contributed by atoms with Gasteiger partial charge in [0.2, 0.25) is 0 Å². The van der Waals surface area contributed by atoms with Gasteiger partial charge in [-0.25, -0.2) is 4.79 Å². The second-order valence-electron chi connectivity index (χ2n) is 9.88. The number of nitrogens with zero attached hydrogens (tertiary/aromatic N) is 2. The predicted octanol–water partition coefficient (Wildman–Crippen LogP) is 7.33. The molecular weight excluding hydrogens is 558 g/mol. The number of carboxylic acids is 1. The molecule has 0 spiro atoms. The molecule has 4 aromatic carbocycles. The number of carboxylic acid groups (broad SMARTS) is 1. The van der Waals surface area contributed by atoms with Crippen LogP contribution in [0, 0.1) is 0 Å². The van der Waals surface area contributed by atoms with Crippen LogP contribution < -0.4 is 19.5 Å². The zero-order valence-electron chi connectivity index (χ0n) is 24.7. The molecule has 0 saturated heterocycles. The molecule has 0 fully saturated rings. The van der Waals surface area contributed by atoms with Gasteiger partial charge in [-0.15, -0.1) is 0 Å². The minimum Gasteiger partial charge on any atom is -0.497 e. The van der Waals surface area contributed by atoms with E-state index in [1.165, 1.54) is 6.08 Å². The van der Waals surface area contributed by atoms with Gasteiger partial charge in [0.15, 0.2) is 5.78 Å². The number of carbonyl (C=O) groups excluding carboxylic acids is 1. The zero-order valence-corrected chi connectivity index (χ0v) is 24.7. The summed E-state index contributed by atoms with van der Waals surface area (Å²) < 4.78 is 16.8. The van der Waals surface area contributed by atoms with E-state index in [9.17, 15) is 14.7 Å². The number of ether oxygens (including phenoxy) is 3. The van der Waals surface area contributed by atoms with E-state index < -0.39 is 12.0 Å². The molecule has 0 saturated carbocycles. The second-order valence-corrected chi connectivity index (χ2v) is 9.88. The van der Waals surface area contributed by atoms with E-state index in [2.05, 4.69) is 15.5 Å². The van der Waals surface area contributed by atoms with Gasteiger partial charge < -0.3 is 24.6 Å². The van der Waals surface area contributed by atoms with E-state index in [-0.39, 0.29) is 12.2 Å². The first-order valence-electron chi connectivity index (χ1n) is 14.2. The summed E-state index contributed by atoms with van der Waals surface area (Å²) in [5, 5.41) is 21.1. The summed E-state index contributed by atoms with van der Waals surface area (Å²) in [6.45, 7) is 2.63. The van der Waals surface area contributed by atoms with Crippen molar-refractivity contribution >= 4 is 23.1 Å². The van der Waals surface area contributed by atoms with Crippen molar-refractivity contribution in [2.24, 2.45) is 10.2 Å². The highest BCUT2D eigenvalue weighted by Crippen LogP contribution is 2.23. The zero-order chi connectivity index (χ0) is 31.1. The van der Waals surface area contributed by atoms with Gasteiger partial charge in [0.1, 0.15) is 23.3 Å². The number of benzene rings is 4. The Bertz CT molecular complexity index is 1550. The number of aliphatic carboxylic acids is 1. The van der Waals surface area contributed by atoms with E-state index in [4.69, 9.17) is 14.2 Å². The third-order valence-electron chi connectivity index (χ3n) is 6.49. The number of azo groups is 1. The van der Waals surface area contributed by atoms with Crippen molar-refractivity contribution in [3.8, 4) is 17.2 Å². The summed E-state index contributed by atoms with van der Waals surface area (Å²) >= 11 is 0. The van der Waals surface area contributed by atoms with Crippen molar-refractivity contribution in [3.05, 3.63) is 126 Å². The number of carbonyl (C=O) groups is 2. The van der Waals surface area contributed by atoms with Crippen LogP contribution in [0.5, 0.6) is 17.2 Å². The van der Waals surface area contributed by atoms with Crippen molar-refractivity contribution in [2.45, 2.75) is 25.8 Å². The van der Waals surface area contributed by atoms with Crippen molar-refractivity contribution in [3.63, 3.8) is 0 Å². The second kappa shape index (κ2) is 16.3. The molecule has 0 bridgehead atoms. The molecule has 9 heteroatoms. The van der Waals surface area contributed by atoms with Crippen LogP contribution in [0.1, 0.15) is 29.3 Å². The first-order chi connectivity index (χ1) is 21.4. The molecule has 44 heavy (non-hydrogen) atoms. The number of hydrogen-bond acceptors (Lipinski definition) is 8. The largest absolute Gasteiger partial charge is 0.497 e. The maximum absolute atomic E-state index is 12.4. The molecule has 9 nitrogen and oxygen atoms in total. The number of nitrogens with one attached hydrogen (secondary N) is 1. The normalized spacial score (nSPS) is 12.0. The monoisotopic (exact) mass is 593 g/mol. The summed E-state index contributed by atoms with van der Waals surface area (Å²) in [5.41, 5.74) is 3.31. The molecule has 2 N–H and O–H groups in total. The quantitative estimate of drug-likeness (QED) is 0.0604. The Morgan fingerprint density at radius 1 is 0.773 bits per heavy atom. The van der Waals surface area contributed by atoms with Gasteiger partial charge in [-0.3, -0.25) is 4.79 Å². The fourth-order valence-corrected chi connectivity index (χ4v) is 4.17. The Morgan fingerprint density at radius 2 is 1.30 bits per heavy atom. The lowest BCUT2D eigenvalue weighted by Crippen LogP contribution is -2.37. The Labute approximate surface area is 256 Å². The number of allylic oxidation sites excluding steroid dienone is 2. The third-order valence-corrected chi connectivity index (χ3v) is 6.49.